The summed E-state index contributed by atoms with van der Waals surface area (Å²) in [5, 5.41) is 0. The van der Waals surface area contributed by atoms with Crippen molar-refractivity contribution in [3.05, 3.63) is 0 Å². The van der Waals surface area contributed by atoms with E-state index < -0.39 is 0 Å². The highest BCUT2D eigenvalue weighted by molar-refractivity contribution is 4.96. The molecule has 0 aromatic carbocycles. The van der Waals surface area contributed by atoms with E-state index >= 15 is 0 Å². The largest absolute Gasteiger partial charge is 0.301 e. The zero-order chi connectivity index (χ0) is 13.1. The van der Waals surface area contributed by atoms with Crippen molar-refractivity contribution in [3.8, 4) is 0 Å². The van der Waals surface area contributed by atoms with Crippen molar-refractivity contribution >= 4 is 0 Å². The lowest BCUT2D eigenvalue weighted by Crippen LogP contribution is -2.42. The Labute approximate surface area is 109 Å². The first kappa shape index (κ1) is 15.0. The lowest BCUT2D eigenvalue weighted by atomic mass is 9.74. The fourth-order valence-electron chi connectivity index (χ4n) is 3.74. The van der Waals surface area contributed by atoms with Gasteiger partial charge in [0.25, 0.3) is 0 Å². The SMILES string of the molecule is CC.CC(C)N1CCC2(CC1)CCC(C)(C)C2. The Balaban J connectivity index is 0.000000686. The van der Waals surface area contributed by atoms with Crippen molar-refractivity contribution in [2.24, 2.45) is 10.8 Å². The van der Waals surface area contributed by atoms with Crippen LogP contribution in [0.1, 0.15) is 73.6 Å². The molecule has 2 aliphatic rings. The third kappa shape index (κ3) is 3.71. The Kier molecular flexibility index (Phi) is 5.07. The summed E-state index contributed by atoms with van der Waals surface area (Å²) in [4.78, 5) is 2.65. The Morgan fingerprint density at radius 3 is 1.76 bits per heavy atom. The Morgan fingerprint density at radius 2 is 1.41 bits per heavy atom. The summed E-state index contributed by atoms with van der Waals surface area (Å²) >= 11 is 0. The third-order valence-corrected chi connectivity index (χ3v) is 4.77. The van der Waals surface area contributed by atoms with Crippen LogP contribution in [0.25, 0.3) is 0 Å². The van der Waals surface area contributed by atoms with E-state index in [4.69, 9.17) is 0 Å². The molecule has 0 aromatic heterocycles. The van der Waals surface area contributed by atoms with E-state index in [0.29, 0.717) is 5.41 Å². The average Bonchev–Trinajstić information content (AvgIpc) is 2.58. The van der Waals surface area contributed by atoms with Crippen molar-refractivity contribution in [2.75, 3.05) is 13.1 Å². The van der Waals surface area contributed by atoms with Crippen LogP contribution in [-0.4, -0.2) is 24.0 Å². The summed E-state index contributed by atoms with van der Waals surface area (Å²) in [6.45, 7) is 16.3. The molecular weight excluding hydrogens is 206 g/mol. The molecule has 1 nitrogen and oxygen atoms in total. The summed E-state index contributed by atoms with van der Waals surface area (Å²) in [6, 6.07) is 0.747. The van der Waals surface area contributed by atoms with Crippen molar-refractivity contribution < 1.29 is 0 Å². The molecule has 1 heteroatoms. The highest BCUT2D eigenvalue weighted by Crippen LogP contribution is 2.54. The van der Waals surface area contributed by atoms with Gasteiger partial charge in [-0.25, -0.2) is 0 Å². The molecule has 0 bridgehead atoms. The van der Waals surface area contributed by atoms with Gasteiger partial charge in [0, 0.05) is 6.04 Å². The summed E-state index contributed by atoms with van der Waals surface area (Å²) in [5.74, 6) is 0. The molecule has 17 heavy (non-hydrogen) atoms. The lowest BCUT2D eigenvalue weighted by Gasteiger charge is -2.42. The fourth-order valence-corrected chi connectivity index (χ4v) is 3.74. The van der Waals surface area contributed by atoms with Gasteiger partial charge >= 0.3 is 0 Å². The number of piperidine rings is 1. The summed E-state index contributed by atoms with van der Waals surface area (Å²) in [5.41, 5.74) is 1.36. The van der Waals surface area contributed by atoms with Gasteiger partial charge in [-0.2, -0.15) is 0 Å². The van der Waals surface area contributed by atoms with Crippen LogP contribution in [0.4, 0.5) is 0 Å². The average molecular weight is 239 g/mol. The van der Waals surface area contributed by atoms with Crippen LogP contribution in [0.15, 0.2) is 0 Å². The Bertz CT molecular complexity index is 222. The van der Waals surface area contributed by atoms with Crippen LogP contribution in [0.5, 0.6) is 0 Å². The molecule has 1 heterocycles. The van der Waals surface area contributed by atoms with Crippen molar-refractivity contribution in [3.63, 3.8) is 0 Å². The smallest absolute Gasteiger partial charge is 0.00385 e. The van der Waals surface area contributed by atoms with Gasteiger partial charge in [-0.05, 0) is 69.9 Å². The van der Waals surface area contributed by atoms with Crippen molar-refractivity contribution in [1.82, 2.24) is 4.90 Å². The molecule has 0 unspecified atom stereocenters. The van der Waals surface area contributed by atoms with E-state index in [0.717, 1.165) is 11.5 Å². The molecular formula is C16H33N. The number of rotatable bonds is 1. The fraction of sp³-hybridized carbons (Fsp3) is 1.00. The van der Waals surface area contributed by atoms with E-state index in [9.17, 15) is 0 Å². The van der Waals surface area contributed by atoms with Gasteiger partial charge in [-0.1, -0.05) is 27.7 Å². The molecule has 0 atom stereocenters. The predicted molar refractivity (Wildman–Crippen MR) is 77.4 cm³/mol. The van der Waals surface area contributed by atoms with Crippen LogP contribution in [0.2, 0.25) is 0 Å². The standard InChI is InChI=1S/C14H27N.C2H6/c1-12(2)15-9-7-14(8-10-15)6-5-13(3,4)11-14;1-2/h12H,5-11H2,1-4H3;1-2H3. The number of nitrogens with zero attached hydrogens (tertiary/aromatic N) is 1. The second-order valence-corrected chi connectivity index (χ2v) is 6.97. The van der Waals surface area contributed by atoms with Gasteiger partial charge in [0.1, 0.15) is 0 Å². The first-order valence-corrected chi connectivity index (χ1v) is 7.67. The van der Waals surface area contributed by atoms with Gasteiger partial charge < -0.3 is 4.90 Å². The highest BCUT2D eigenvalue weighted by Gasteiger charge is 2.44. The maximum absolute atomic E-state index is 2.65. The van der Waals surface area contributed by atoms with E-state index in [2.05, 4.69) is 32.6 Å². The van der Waals surface area contributed by atoms with Crippen LogP contribution >= 0.6 is 0 Å². The molecule has 1 aliphatic carbocycles. The second-order valence-electron chi connectivity index (χ2n) is 6.97. The van der Waals surface area contributed by atoms with E-state index in [-0.39, 0.29) is 0 Å². The van der Waals surface area contributed by atoms with Crippen LogP contribution in [0, 0.1) is 10.8 Å². The van der Waals surface area contributed by atoms with Gasteiger partial charge in [0.05, 0.1) is 0 Å². The van der Waals surface area contributed by atoms with E-state index in [1.807, 2.05) is 13.8 Å². The van der Waals surface area contributed by atoms with Crippen LogP contribution < -0.4 is 0 Å². The zero-order valence-electron chi connectivity index (χ0n) is 13.0. The van der Waals surface area contributed by atoms with Crippen LogP contribution in [-0.2, 0) is 0 Å². The molecule has 1 aliphatic heterocycles. The van der Waals surface area contributed by atoms with Crippen molar-refractivity contribution in [1.29, 1.82) is 0 Å². The van der Waals surface area contributed by atoms with E-state index in [1.54, 1.807) is 0 Å². The predicted octanol–water partition coefficient (Wildman–Crippen LogP) is 4.71. The number of hydrogen-bond acceptors (Lipinski definition) is 1. The molecule has 2 rings (SSSR count). The molecule has 0 amide bonds. The minimum atomic E-state index is 0.625. The van der Waals surface area contributed by atoms with Gasteiger partial charge in [-0.3, -0.25) is 0 Å². The highest BCUT2D eigenvalue weighted by atomic mass is 15.2. The maximum atomic E-state index is 2.65. The lowest BCUT2D eigenvalue weighted by molar-refractivity contribution is 0.0793. The molecule has 1 saturated carbocycles. The molecule has 1 spiro atoms. The number of hydrogen-bond donors (Lipinski definition) is 0. The summed E-state index contributed by atoms with van der Waals surface area (Å²) in [6.07, 6.45) is 7.33. The van der Waals surface area contributed by atoms with Crippen LogP contribution in [0.3, 0.4) is 0 Å². The monoisotopic (exact) mass is 239 g/mol. The maximum Gasteiger partial charge on any atom is 0.00385 e. The molecule has 2 fully saturated rings. The Morgan fingerprint density at radius 1 is 0.882 bits per heavy atom. The normalized spacial score (nSPS) is 27.0. The first-order valence-electron chi connectivity index (χ1n) is 7.67. The summed E-state index contributed by atoms with van der Waals surface area (Å²) < 4.78 is 0. The first-order chi connectivity index (χ1) is 7.93. The molecule has 0 radical (unpaired) electrons. The minimum absolute atomic E-state index is 0.625. The molecule has 1 saturated heterocycles. The third-order valence-electron chi connectivity index (χ3n) is 4.77. The molecule has 102 valence electrons. The second kappa shape index (κ2) is 5.73. The zero-order valence-corrected chi connectivity index (χ0v) is 13.0. The quantitative estimate of drug-likeness (QED) is 0.640. The summed E-state index contributed by atoms with van der Waals surface area (Å²) in [7, 11) is 0. The van der Waals surface area contributed by atoms with Gasteiger partial charge in [-0.15, -0.1) is 0 Å². The van der Waals surface area contributed by atoms with Gasteiger partial charge in [0.15, 0.2) is 0 Å². The molecule has 0 N–H and O–H groups in total. The van der Waals surface area contributed by atoms with Crippen molar-refractivity contribution in [2.45, 2.75) is 79.7 Å². The molecule has 0 aromatic rings. The van der Waals surface area contributed by atoms with Gasteiger partial charge in [0.2, 0.25) is 0 Å². The topological polar surface area (TPSA) is 3.24 Å². The van der Waals surface area contributed by atoms with E-state index in [1.165, 1.54) is 45.2 Å². The Hall–Kier alpha value is -0.0400. The minimum Gasteiger partial charge on any atom is -0.301 e. The number of likely N-dealkylation sites (tertiary alicyclic amines) is 1.